The Labute approximate surface area is 142 Å². The van der Waals surface area contributed by atoms with E-state index >= 15 is 0 Å². The van der Waals surface area contributed by atoms with Crippen molar-refractivity contribution >= 4 is 52.5 Å². The second-order valence-electron chi connectivity index (χ2n) is 4.28. The van der Waals surface area contributed by atoms with Crippen LogP contribution in [0.25, 0.3) is 0 Å². The van der Waals surface area contributed by atoms with Gasteiger partial charge < -0.3 is 10.4 Å². The zero-order valence-electron chi connectivity index (χ0n) is 11.1. The summed E-state index contributed by atoms with van der Waals surface area (Å²) in [6.07, 6.45) is -1.17. The Morgan fingerprint density at radius 2 is 1.90 bits per heavy atom. The first-order valence-corrected chi connectivity index (χ1v) is 8.27. The Balaban J connectivity index is 2.75. The molecule has 0 radical (unpaired) electrons. The number of hydrogen-bond donors (Lipinski definition) is 2. The molecule has 0 saturated heterocycles. The van der Waals surface area contributed by atoms with Gasteiger partial charge in [-0.1, -0.05) is 47.1 Å². The van der Waals surface area contributed by atoms with Crippen LogP contribution in [0.15, 0.2) is 29.2 Å². The number of carbonyl (C=O) groups excluding carboxylic acids is 1. The fraction of sp³-hybridized carbons (Fsp3) is 0.462. The maximum atomic E-state index is 13.0. The van der Waals surface area contributed by atoms with Gasteiger partial charge in [-0.25, -0.2) is 4.39 Å². The SMILES string of the molecule is CC(Cl)C(=O)N[C@H](CF)[C@H](O)c1ccc(SC(Cl)Cl)cc1. The largest absolute Gasteiger partial charge is 0.386 e. The maximum absolute atomic E-state index is 13.0. The van der Waals surface area contributed by atoms with Crippen LogP contribution in [0.1, 0.15) is 18.6 Å². The van der Waals surface area contributed by atoms with Gasteiger partial charge in [0, 0.05) is 4.90 Å². The normalized spacial score (nSPS) is 15.6. The lowest BCUT2D eigenvalue weighted by Gasteiger charge is -2.22. The van der Waals surface area contributed by atoms with Gasteiger partial charge in [0.25, 0.3) is 0 Å². The van der Waals surface area contributed by atoms with Crippen molar-refractivity contribution in [1.29, 1.82) is 0 Å². The summed E-state index contributed by atoms with van der Waals surface area (Å²) in [5.41, 5.74) is 0.477. The number of rotatable bonds is 7. The van der Waals surface area contributed by atoms with Crippen molar-refractivity contribution in [3.63, 3.8) is 0 Å². The van der Waals surface area contributed by atoms with E-state index in [1.165, 1.54) is 18.7 Å². The Morgan fingerprint density at radius 3 is 2.33 bits per heavy atom. The molecule has 0 aromatic heterocycles. The number of hydrogen-bond acceptors (Lipinski definition) is 3. The average molecular weight is 375 g/mol. The molecule has 0 aliphatic rings. The first-order valence-electron chi connectivity index (χ1n) is 6.08. The molecule has 1 unspecified atom stereocenters. The molecule has 21 heavy (non-hydrogen) atoms. The minimum atomic E-state index is -1.17. The van der Waals surface area contributed by atoms with E-state index in [9.17, 15) is 14.3 Å². The Morgan fingerprint density at radius 1 is 1.33 bits per heavy atom. The summed E-state index contributed by atoms with van der Waals surface area (Å²) in [5.74, 6) is -0.530. The van der Waals surface area contributed by atoms with E-state index in [-0.39, 0.29) is 0 Å². The van der Waals surface area contributed by atoms with Crippen LogP contribution in [0.5, 0.6) is 0 Å². The van der Waals surface area contributed by atoms with Gasteiger partial charge in [-0.05, 0) is 24.6 Å². The molecule has 0 bridgehead atoms. The van der Waals surface area contributed by atoms with Gasteiger partial charge in [-0.2, -0.15) is 0 Å². The van der Waals surface area contributed by atoms with Crippen molar-refractivity contribution in [2.45, 2.75) is 33.5 Å². The summed E-state index contributed by atoms with van der Waals surface area (Å²) in [6.45, 7) is 0.567. The first kappa shape index (κ1) is 18.8. The lowest BCUT2D eigenvalue weighted by Crippen LogP contribution is -2.43. The number of alkyl halides is 4. The topological polar surface area (TPSA) is 49.3 Å². The van der Waals surface area contributed by atoms with Gasteiger partial charge in [-0.15, -0.1) is 11.6 Å². The number of amides is 1. The molecule has 1 aromatic rings. The molecule has 2 N–H and O–H groups in total. The molecule has 0 heterocycles. The summed E-state index contributed by atoms with van der Waals surface area (Å²) in [4.78, 5) is 12.3. The van der Waals surface area contributed by atoms with Crippen LogP contribution in [-0.2, 0) is 4.79 Å². The molecule has 1 aromatic carbocycles. The molecule has 8 heteroatoms. The molecule has 3 nitrogen and oxygen atoms in total. The van der Waals surface area contributed by atoms with Crippen molar-refractivity contribution < 1.29 is 14.3 Å². The van der Waals surface area contributed by atoms with E-state index in [4.69, 9.17) is 34.8 Å². The van der Waals surface area contributed by atoms with Gasteiger partial charge in [0.2, 0.25) is 5.91 Å². The van der Waals surface area contributed by atoms with Gasteiger partial charge in [0.15, 0.2) is 4.17 Å². The number of halogens is 4. The van der Waals surface area contributed by atoms with Crippen LogP contribution >= 0.6 is 46.6 Å². The summed E-state index contributed by atoms with van der Waals surface area (Å²) in [7, 11) is 0. The van der Waals surface area contributed by atoms with E-state index in [0.29, 0.717) is 5.56 Å². The summed E-state index contributed by atoms with van der Waals surface area (Å²) in [6, 6.07) is 5.63. The fourth-order valence-electron chi connectivity index (χ4n) is 1.58. The maximum Gasteiger partial charge on any atom is 0.238 e. The Kier molecular flexibility index (Phi) is 8.13. The molecule has 1 rings (SSSR count). The number of carbonyl (C=O) groups is 1. The van der Waals surface area contributed by atoms with Gasteiger partial charge in [0.1, 0.15) is 18.2 Å². The minimum absolute atomic E-state index is 0.477. The monoisotopic (exact) mass is 373 g/mol. The molecule has 0 fully saturated rings. The molecule has 0 spiro atoms. The van der Waals surface area contributed by atoms with E-state index < -0.39 is 34.3 Å². The number of benzene rings is 1. The number of thioether (sulfide) groups is 1. The van der Waals surface area contributed by atoms with Gasteiger partial charge in [-0.3, -0.25) is 4.79 Å². The van der Waals surface area contributed by atoms with Crippen molar-refractivity contribution in [3.05, 3.63) is 29.8 Å². The van der Waals surface area contributed by atoms with Gasteiger partial charge >= 0.3 is 0 Å². The predicted octanol–water partition coefficient (Wildman–Crippen LogP) is 3.65. The smallest absolute Gasteiger partial charge is 0.238 e. The third kappa shape index (κ3) is 6.20. The summed E-state index contributed by atoms with van der Waals surface area (Å²) >= 11 is 18.1. The van der Waals surface area contributed by atoms with E-state index in [1.54, 1.807) is 24.3 Å². The molecule has 3 atom stereocenters. The molecule has 1 amide bonds. The zero-order valence-corrected chi connectivity index (χ0v) is 14.2. The second-order valence-corrected chi connectivity index (χ2v) is 7.72. The minimum Gasteiger partial charge on any atom is -0.386 e. The van der Waals surface area contributed by atoms with E-state index in [1.807, 2.05) is 0 Å². The van der Waals surface area contributed by atoms with E-state index in [2.05, 4.69) is 5.32 Å². The van der Waals surface area contributed by atoms with Crippen LogP contribution in [0.2, 0.25) is 0 Å². The lowest BCUT2D eigenvalue weighted by molar-refractivity contribution is -0.122. The molecule has 0 saturated carbocycles. The average Bonchev–Trinajstić information content (AvgIpc) is 2.43. The van der Waals surface area contributed by atoms with Crippen LogP contribution in [-0.4, -0.2) is 33.3 Å². The highest BCUT2D eigenvalue weighted by molar-refractivity contribution is 8.02. The summed E-state index contributed by atoms with van der Waals surface area (Å²) < 4.78 is 12.4. The van der Waals surface area contributed by atoms with Gasteiger partial charge in [0.05, 0.1) is 6.04 Å². The van der Waals surface area contributed by atoms with Crippen LogP contribution in [0.4, 0.5) is 4.39 Å². The predicted molar refractivity (Wildman–Crippen MR) is 86.0 cm³/mol. The third-order valence-electron chi connectivity index (χ3n) is 2.68. The first-order chi connectivity index (χ1) is 9.85. The second kappa shape index (κ2) is 9.06. The highest BCUT2D eigenvalue weighted by Gasteiger charge is 2.24. The van der Waals surface area contributed by atoms with Crippen LogP contribution in [0, 0.1) is 0 Å². The number of aliphatic hydroxyl groups excluding tert-OH is 1. The third-order valence-corrected chi connectivity index (χ3v) is 4.14. The van der Waals surface area contributed by atoms with Crippen molar-refractivity contribution in [1.82, 2.24) is 5.32 Å². The molecule has 0 aliphatic carbocycles. The highest BCUT2D eigenvalue weighted by Crippen LogP contribution is 2.29. The highest BCUT2D eigenvalue weighted by atomic mass is 35.5. The van der Waals surface area contributed by atoms with Crippen molar-refractivity contribution in [3.8, 4) is 0 Å². The Hall–Kier alpha value is -0.200. The fourth-order valence-corrected chi connectivity index (χ4v) is 2.76. The quantitative estimate of drug-likeness (QED) is 0.566. The lowest BCUT2D eigenvalue weighted by atomic mass is 10.0. The molecule has 118 valence electrons. The molecular formula is C13H15Cl3FNO2S. The van der Waals surface area contributed by atoms with Crippen molar-refractivity contribution in [2.24, 2.45) is 0 Å². The zero-order chi connectivity index (χ0) is 16.0. The summed E-state index contributed by atoms with van der Waals surface area (Å²) in [5, 5.41) is 11.7. The number of aliphatic hydroxyl groups is 1. The molecule has 0 aliphatic heterocycles. The number of nitrogens with one attached hydrogen (secondary N) is 1. The van der Waals surface area contributed by atoms with E-state index in [0.717, 1.165) is 4.90 Å². The molecular weight excluding hydrogens is 360 g/mol. The Bertz CT molecular complexity index is 459. The van der Waals surface area contributed by atoms with Crippen LogP contribution in [0.3, 0.4) is 0 Å². The van der Waals surface area contributed by atoms with Crippen molar-refractivity contribution in [2.75, 3.05) is 6.67 Å². The standard InChI is InChI=1S/C13H15Cl3FNO2S/c1-7(14)12(20)18-10(6-17)11(19)8-2-4-9(5-3-8)21-13(15)16/h2-5,7,10-11,13,19H,6H2,1H3,(H,18,20)/t7?,10-,11-/m1/s1. The van der Waals surface area contributed by atoms with Crippen LogP contribution < -0.4 is 5.32 Å².